The Hall–Kier alpha value is -1.51. The molecule has 4 atom stereocenters. The number of benzene rings is 1. The minimum atomic E-state index is 0.112. The van der Waals surface area contributed by atoms with Crippen LogP contribution in [0.1, 0.15) is 39.0 Å². The van der Waals surface area contributed by atoms with Crippen molar-refractivity contribution in [1.82, 2.24) is 5.32 Å². The second-order valence-electron chi connectivity index (χ2n) is 6.61. The maximum Gasteiger partial charge on any atom is 0.223 e. The summed E-state index contributed by atoms with van der Waals surface area (Å²) in [7, 11) is 0. The van der Waals surface area contributed by atoms with E-state index in [0.29, 0.717) is 25.0 Å². The summed E-state index contributed by atoms with van der Waals surface area (Å²) in [5.41, 5.74) is 0. The van der Waals surface area contributed by atoms with Gasteiger partial charge in [0.25, 0.3) is 0 Å². The molecule has 1 amide bonds. The van der Waals surface area contributed by atoms with E-state index in [9.17, 15) is 4.79 Å². The number of fused-ring (bicyclic) bond motifs is 2. The summed E-state index contributed by atoms with van der Waals surface area (Å²) in [5, 5.41) is 3.17. The first kappa shape index (κ1) is 14.4. The van der Waals surface area contributed by atoms with E-state index in [-0.39, 0.29) is 5.91 Å². The van der Waals surface area contributed by atoms with Crippen LogP contribution in [0.25, 0.3) is 0 Å². The van der Waals surface area contributed by atoms with Gasteiger partial charge in [0.1, 0.15) is 5.75 Å². The van der Waals surface area contributed by atoms with Gasteiger partial charge in [-0.3, -0.25) is 4.79 Å². The lowest BCUT2D eigenvalue weighted by atomic mass is 9.84. The Bertz CT molecular complexity index is 473. The molecule has 3 heteroatoms. The van der Waals surface area contributed by atoms with Gasteiger partial charge in [-0.15, -0.1) is 0 Å². The topological polar surface area (TPSA) is 38.3 Å². The first-order chi connectivity index (χ1) is 10.2. The zero-order valence-electron chi connectivity index (χ0n) is 12.8. The van der Waals surface area contributed by atoms with Crippen molar-refractivity contribution in [2.45, 2.75) is 45.1 Å². The molecule has 0 heterocycles. The predicted octanol–water partition coefficient (Wildman–Crippen LogP) is 3.40. The molecule has 3 nitrogen and oxygen atoms in total. The van der Waals surface area contributed by atoms with E-state index in [1.807, 2.05) is 30.3 Å². The van der Waals surface area contributed by atoms with Crippen molar-refractivity contribution in [3.8, 4) is 5.75 Å². The van der Waals surface area contributed by atoms with E-state index in [4.69, 9.17) is 4.74 Å². The van der Waals surface area contributed by atoms with E-state index in [1.54, 1.807) is 0 Å². The Morgan fingerprint density at radius 3 is 2.76 bits per heavy atom. The van der Waals surface area contributed by atoms with Crippen LogP contribution < -0.4 is 10.1 Å². The fraction of sp³-hybridized carbons (Fsp3) is 0.611. The molecule has 0 unspecified atom stereocenters. The van der Waals surface area contributed by atoms with Crippen molar-refractivity contribution in [3.63, 3.8) is 0 Å². The quantitative estimate of drug-likeness (QED) is 0.871. The number of carbonyl (C=O) groups is 1. The number of carbonyl (C=O) groups excluding carboxylic acids is 1. The lowest BCUT2D eigenvalue weighted by molar-refractivity contribution is -0.122. The minimum Gasteiger partial charge on any atom is -0.493 e. The van der Waals surface area contributed by atoms with E-state index in [1.165, 1.54) is 25.7 Å². The Morgan fingerprint density at radius 2 is 2.10 bits per heavy atom. The Morgan fingerprint density at radius 1 is 1.29 bits per heavy atom. The number of amides is 1. The van der Waals surface area contributed by atoms with Crippen LogP contribution >= 0.6 is 0 Å². The Labute approximate surface area is 127 Å². The summed E-state index contributed by atoms with van der Waals surface area (Å²) in [5.74, 6) is 3.42. The van der Waals surface area contributed by atoms with Crippen molar-refractivity contribution < 1.29 is 9.53 Å². The second kappa shape index (κ2) is 6.50. The van der Waals surface area contributed by atoms with Gasteiger partial charge in [0, 0.05) is 6.04 Å². The summed E-state index contributed by atoms with van der Waals surface area (Å²) in [4.78, 5) is 12.0. The lowest BCUT2D eigenvalue weighted by Gasteiger charge is -2.28. The summed E-state index contributed by atoms with van der Waals surface area (Å²) in [6.07, 6.45) is 5.91. The third kappa shape index (κ3) is 3.58. The molecular weight excluding hydrogens is 262 g/mol. The van der Waals surface area contributed by atoms with Gasteiger partial charge in [-0.1, -0.05) is 24.6 Å². The summed E-state index contributed by atoms with van der Waals surface area (Å²) >= 11 is 0. The highest BCUT2D eigenvalue weighted by Crippen LogP contribution is 2.49. The molecule has 2 bridgehead atoms. The molecule has 2 saturated carbocycles. The van der Waals surface area contributed by atoms with Crippen LogP contribution in [0.4, 0.5) is 0 Å². The fourth-order valence-electron chi connectivity index (χ4n) is 4.12. The van der Waals surface area contributed by atoms with E-state index in [2.05, 4.69) is 12.2 Å². The molecule has 0 aromatic heterocycles. The maximum absolute atomic E-state index is 12.0. The van der Waals surface area contributed by atoms with Crippen LogP contribution in [0.15, 0.2) is 30.3 Å². The fourth-order valence-corrected chi connectivity index (χ4v) is 4.12. The molecule has 2 aliphatic rings. The minimum absolute atomic E-state index is 0.112. The van der Waals surface area contributed by atoms with E-state index < -0.39 is 0 Å². The Kier molecular flexibility index (Phi) is 4.47. The van der Waals surface area contributed by atoms with Crippen LogP contribution in [-0.4, -0.2) is 18.6 Å². The zero-order valence-corrected chi connectivity index (χ0v) is 12.8. The molecule has 21 heavy (non-hydrogen) atoms. The van der Waals surface area contributed by atoms with Crippen molar-refractivity contribution in [1.29, 1.82) is 0 Å². The van der Waals surface area contributed by atoms with Crippen LogP contribution in [0.5, 0.6) is 5.75 Å². The van der Waals surface area contributed by atoms with Gasteiger partial charge < -0.3 is 10.1 Å². The highest BCUT2D eigenvalue weighted by atomic mass is 16.5. The maximum atomic E-state index is 12.0. The molecule has 1 N–H and O–H groups in total. The van der Waals surface area contributed by atoms with Gasteiger partial charge in [-0.2, -0.15) is 0 Å². The summed E-state index contributed by atoms with van der Waals surface area (Å²) in [6, 6.07) is 9.96. The number of para-hydroxylation sites is 1. The average molecular weight is 287 g/mol. The third-order valence-electron chi connectivity index (χ3n) is 5.16. The molecule has 1 aromatic rings. The SMILES string of the molecule is C[C@@H](NC(=O)CCOc1ccccc1)[C@H]1C[C@H]2CC[C@H]1C2. The summed E-state index contributed by atoms with van der Waals surface area (Å²) < 4.78 is 5.57. The van der Waals surface area contributed by atoms with Crippen molar-refractivity contribution in [3.05, 3.63) is 30.3 Å². The molecule has 0 spiro atoms. The zero-order chi connectivity index (χ0) is 14.7. The molecule has 2 fully saturated rings. The molecule has 114 valence electrons. The molecule has 3 rings (SSSR count). The van der Waals surface area contributed by atoms with Gasteiger partial charge in [0.15, 0.2) is 0 Å². The standard InChI is InChI=1S/C18H25NO2/c1-13(17-12-14-7-8-15(17)11-14)19-18(20)9-10-21-16-5-3-2-4-6-16/h2-6,13-15,17H,7-12H2,1H3,(H,19,20)/t13-,14+,15+,17-/m1/s1. The predicted molar refractivity (Wildman–Crippen MR) is 83.1 cm³/mol. The molecule has 0 saturated heterocycles. The van der Waals surface area contributed by atoms with Gasteiger partial charge in [-0.25, -0.2) is 0 Å². The smallest absolute Gasteiger partial charge is 0.223 e. The van der Waals surface area contributed by atoms with E-state index in [0.717, 1.165) is 17.6 Å². The third-order valence-corrected chi connectivity index (χ3v) is 5.16. The van der Waals surface area contributed by atoms with Gasteiger partial charge in [-0.05, 0) is 56.1 Å². The van der Waals surface area contributed by atoms with Gasteiger partial charge in [0.05, 0.1) is 13.0 Å². The normalized spacial score (nSPS) is 28.3. The molecule has 0 aliphatic heterocycles. The highest BCUT2D eigenvalue weighted by molar-refractivity contribution is 5.76. The first-order valence-electron chi connectivity index (χ1n) is 8.19. The van der Waals surface area contributed by atoms with Gasteiger partial charge in [0.2, 0.25) is 5.91 Å². The second-order valence-corrected chi connectivity index (χ2v) is 6.61. The number of rotatable bonds is 6. The number of hydrogen-bond acceptors (Lipinski definition) is 2. The van der Waals surface area contributed by atoms with E-state index >= 15 is 0 Å². The van der Waals surface area contributed by atoms with Crippen LogP contribution in [-0.2, 0) is 4.79 Å². The van der Waals surface area contributed by atoms with Crippen LogP contribution in [0, 0.1) is 17.8 Å². The average Bonchev–Trinajstić information content (AvgIpc) is 3.11. The largest absolute Gasteiger partial charge is 0.493 e. The van der Waals surface area contributed by atoms with Crippen molar-refractivity contribution >= 4 is 5.91 Å². The summed E-state index contributed by atoms with van der Waals surface area (Å²) in [6.45, 7) is 2.61. The number of nitrogens with one attached hydrogen (secondary N) is 1. The van der Waals surface area contributed by atoms with Gasteiger partial charge >= 0.3 is 0 Å². The molecule has 1 aromatic carbocycles. The molecular formula is C18H25NO2. The van der Waals surface area contributed by atoms with Crippen LogP contribution in [0.2, 0.25) is 0 Å². The van der Waals surface area contributed by atoms with Crippen molar-refractivity contribution in [2.75, 3.05) is 6.61 Å². The van der Waals surface area contributed by atoms with Crippen LogP contribution in [0.3, 0.4) is 0 Å². The number of ether oxygens (including phenoxy) is 1. The lowest BCUT2D eigenvalue weighted by Crippen LogP contribution is -2.40. The Balaban J connectivity index is 1.38. The first-order valence-corrected chi connectivity index (χ1v) is 8.19. The molecule has 0 radical (unpaired) electrons. The molecule has 2 aliphatic carbocycles. The van der Waals surface area contributed by atoms with Crippen molar-refractivity contribution in [2.24, 2.45) is 17.8 Å². The monoisotopic (exact) mass is 287 g/mol. The highest BCUT2D eigenvalue weighted by Gasteiger charge is 2.41. The number of hydrogen-bond donors (Lipinski definition) is 1.